The molecule has 8 heteroatoms. The summed E-state index contributed by atoms with van der Waals surface area (Å²) < 4.78 is 1.48. The number of rotatable bonds is 3. The lowest BCUT2D eigenvalue weighted by Crippen LogP contribution is -2.21. The SMILES string of the molecule is C/C(=N\N=C1/NC(=O)CS1)c1c(C)[nH]n(-c2ccccc2)c1=O. The van der Waals surface area contributed by atoms with Crippen LogP contribution in [0.15, 0.2) is 45.3 Å². The summed E-state index contributed by atoms with van der Waals surface area (Å²) in [6, 6.07) is 9.31. The molecule has 1 aromatic heterocycles. The average molecular weight is 329 g/mol. The molecule has 23 heavy (non-hydrogen) atoms. The average Bonchev–Trinajstić information content (AvgIpc) is 3.09. The van der Waals surface area contributed by atoms with Crippen LogP contribution in [-0.4, -0.2) is 32.3 Å². The van der Waals surface area contributed by atoms with E-state index in [0.29, 0.717) is 27.9 Å². The number of thioether (sulfide) groups is 1. The van der Waals surface area contributed by atoms with E-state index in [0.717, 1.165) is 5.69 Å². The number of hydrogen-bond donors (Lipinski definition) is 2. The lowest BCUT2D eigenvalue weighted by Gasteiger charge is -1.99. The number of amidine groups is 1. The summed E-state index contributed by atoms with van der Waals surface area (Å²) >= 11 is 1.29. The Kier molecular flexibility index (Phi) is 4.16. The summed E-state index contributed by atoms with van der Waals surface area (Å²) in [4.78, 5) is 23.7. The van der Waals surface area contributed by atoms with Gasteiger partial charge in [-0.25, -0.2) is 4.68 Å². The Balaban J connectivity index is 1.96. The van der Waals surface area contributed by atoms with E-state index in [9.17, 15) is 9.59 Å². The van der Waals surface area contributed by atoms with E-state index in [1.165, 1.54) is 16.4 Å². The van der Waals surface area contributed by atoms with E-state index in [1.54, 1.807) is 6.92 Å². The molecule has 2 N–H and O–H groups in total. The summed E-state index contributed by atoms with van der Waals surface area (Å²) in [5.74, 6) is 0.253. The Hall–Kier alpha value is -2.61. The largest absolute Gasteiger partial charge is 0.303 e. The number of aromatic amines is 1. The third kappa shape index (κ3) is 3.11. The standard InChI is InChI=1S/C15H15N5O2S/c1-9(17-18-15-16-12(21)8-23-15)13-10(2)19-20(14(13)22)11-6-4-3-5-7-11/h3-7,19H,8H2,1-2H3,(H,16,18,21)/b17-9+. The molecule has 3 rings (SSSR count). The fourth-order valence-electron chi connectivity index (χ4n) is 2.28. The molecule has 1 amide bonds. The number of hydrogen-bond acceptors (Lipinski definition) is 5. The second kappa shape index (κ2) is 6.25. The minimum Gasteiger partial charge on any atom is -0.303 e. The van der Waals surface area contributed by atoms with E-state index in [-0.39, 0.29) is 11.5 Å². The van der Waals surface area contributed by atoms with Crippen LogP contribution >= 0.6 is 11.8 Å². The molecule has 1 aliphatic rings. The fraction of sp³-hybridized carbons (Fsp3) is 0.200. The quantitative estimate of drug-likeness (QED) is 0.659. The van der Waals surface area contributed by atoms with Crippen LogP contribution in [0.4, 0.5) is 0 Å². The first-order valence-corrected chi connectivity index (χ1v) is 7.97. The molecule has 118 valence electrons. The first kappa shape index (κ1) is 15.3. The second-order valence-electron chi connectivity index (χ2n) is 5.02. The van der Waals surface area contributed by atoms with E-state index in [4.69, 9.17) is 0 Å². The minimum absolute atomic E-state index is 0.0918. The van der Waals surface area contributed by atoms with E-state index in [2.05, 4.69) is 20.6 Å². The first-order chi connectivity index (χ1) is 11.1. The molecule has 0 radical (unpaired) electrons. The van der Waals surface area contributed by atoms with Crippen LogP contribution in [-0.2, 0) is 4.79 Å². The van der Waals surface area contributed by atoms with Crippen LogP contribution in [0.2, 0.25) is 0 Å². The summed E-state index contributed by atoms with van der Waals surface area (Å²) in [5.41, 5.74) is 2.26. The van der Waals surface area contributed by atoms with Gasteiger partial charge in [0.05, 0.1) is 22.7 Å². The number of H-pyrrole nitrogens is 1. The lowest BCUT2D eigenvalue weighted by atomic mass is 10.2. The molecule has 1 aliphatic heterocycles. The van der Waals surface area contributed by atoms with Crippen molar-refractivity contribution in [2.75, 3.05) is 5.75 Å². The van der Waals surface area contributed by atoms with Gasteiger partial charge >= 0.3 is 0 Å². The molecule has 7 nitrogen and oxygen atoms in total. The van der Waals surface area contributed by atoms with Gasteiger partial charge < -0.3 is 5.32 Å². The predicted octanol–water partition coefficient (Wildman–Crippen LogP) is 1.42. The number of nitrogens with zero attached hydrogens (tertiary/aromatic N) is 3. The van der Waals surface area contributed by atoms with Crippen molar-refractivity contribution in [3.05, 3.63) is 51.9 Å². The Bertz CT molecular complexity index is 864. The number of carbonyl (C=O) groups is 1. The van der Waals surface area contributed by atoms with Gasteiger partial charge in [0, 0.05) is 5.69 Å². The van der Waals surface area contributed by atoms with Gasteiger partial charge in [0.2, 0.25) is 5.91 Å². The monoisotopic (exact) mass is 329 g/mol. The van der Waals surface area contributed by atoms with Crippen molar-refractivity contribution in [1.82, 2.24) is 15.1 Å². The summed E-state index contributed by atoms with van der Waals surface area (Å²) in [5, 5.41) is 14.2. The summed E-state index contributed by atoms with van der Waals surface area (Å²) in [6.07, 6.45) is 0. The van der Waals surface area contributed by atoms with E-state index < -0.39 is 0 Å². The third-order valence-corrected chi connectivity index (χ3v) is 4.19. The number of carbonyl (C=O) groups excluding carboxylic acids is 1. The smallest absolute Gasteiger partial charge is 0.280 e. The number of amides is 1. The molecule has 2 aromatic rings. The highest BCUT2D eigenvalue weighted by molar-refractivity contribution is 8.15. The summed E-state index contributed by atoms with van der Waals surface area (Å²) in [6.45, 7) is 3.53. The Morgan fingerprint density at radius 3 is 2.65 bits per heavy atom. The number of aryl methyl sites for hydroxylation is 1. The highest BCUT2D eigenvalue weighted by atomic mass is 32.2. The van der Waals surface area contributed by atoms with Crippen LogP contribution in [0.5, 0.6) is 0 Å². The summed E-state index contributed by atoms with van der Waals surface area (Å²) in [7, 11) is 0. The topological polar surface area (TPSA) is 91.6 Å². The van der Waals surface area contributed by atoms with Gasteiger partial charge in [-0.05, 0) is 26.0 Å². The molecule has 2 heterocycles. The van der Waals surface area contributed by atoms with Crippen LogP contribution in [0.1, 0.15) is 18.2 Å². The molecule has 0 unspecified atom stereocenters. The van der Waals surface area contributed by atoms with Gasteiger partial charge in [-0.15, -0.1) is 5.10 Å². The van der Waals surface area contributed by atoms with Gasteiger partial charge in [-0.3, -0.25) is 14.7 Å². The van der Waals surface area contributed by atoms with Crippen molar-refractivity contribution in [3.63, 3.8) is 0 Å². The van der Waals surface area contributed by atoms with Crippen molar-refractivity contribution in [2.45, 2.75) is 13.8 Å². The van der Waals surface area contributed by atoms with Crippen LogP contribution < -0.4 is 10.9 Å². The van der Waals surface area contributed by atoms with E-state index >= 15 is 0 Å². The molecule has 1 fully saturated rings. The van der Waals surface area contributed by atoms with Crippen molar-refractivity contribution < 1.29 is 4.79 Å². The Morgan fingerprint density at radius 2 is 2.00 bits per heavy atom. The molecular formula is C15H15N5O2S. The third-order valence-electron chi connectivity index (χ3n) is 3.32. The van der Waals surface area contributed by atoms with Crippen LogP contribution in [0.3, 0.4) is 0 Å². The minimum atomic E-state index is -0.182. The van der Waals surface area contributed by atoms with Gasteiger partial charge in [0.25, 0.3) is 5.56 Å². The van der Waals surface area contributed by atoms with Crippen molar-refractivity contribution in [1.29, 1.82) is 0 Å². The van der Waals surface area contributed by atoms with Crippen molar-refractivity contribution in [2.24, 2.45) is 10.2 Å². The molecule has 1 aromatic carbocycles. The number of aromatic nitrogens is 2. The number of para-hydroxylation sites is 1. The van der Waals surface area contributed by atoms with Gasteiger partial charge in [-0.2, -0.15) is 5.10 Å². The lowest BCUT2D eigenvalue weighted by molar-refractivity contribution is -0.116. The molecule has 0 saturated carbocycles. The highest BCUT2D eigenvalue weighted by Crippen LogP contribution is 2.11. The second-order valence-corrected chi connectivity index (χ2v) is 5.98. The molecule has 0 spiro atoms. The van der Waals surface area contributed by atoms with Crippen molar-refractivity contribution in [3.8, 4) is 5.69 Å². The zero-order valence-corrected chi connectivity index (χ0v) is 13.5. The molecular weight excluding hydrogens is 314 g/mol. The Morgan fingerprint density at radius 1 is 1.26 bits per heavy atom. The maximum absolute atomic E-state index is 12.6. The molecule has 0 atom stereocenters. The fourth-order valence-corrected chi connectivity index (χ4v) is 2.91. The van der Waals surface area contributed by atoms with Crippen molar-refractivity contribution >= 4 is 28.5 Å². The normalized spacial score (nSPS) is 16.9. The molecule has 0 aliphatic carbocycles. The van der Waals surface area contributed by atoms with E-state index in [1.807, 2.05) is 37.3 Å². The maximum atomic E-state index is 12.6. The van der Waals surface area contributed by atoms with Gasteiger partial charge in [0.15, 0.2) is 5.17 Å². The molecule has 0 bridgehead atoms. The maximum Gasteiger partial charge on any atom is 0.280 e. The van der Waals surface area contributed by atoms with Gasteiger partial charge in [0.1, 0.15) is 0 Å². The van der Waals surface area contributed by atoms with Gasteiger partial charge in [-0.1, -0.05) is 30.0 Å². The van der Waals surface area contributed by atoms with Crippen LogP contribution in [0, 0.1) is 6.92 Å². The zero-order chi connectivity index (χ0) is 16.4. The number of benzene rings is 1. The predicted molar refractivity (Wildman–Crippen MR) is 91.4 cm³/mol. The first-order valence-electron chi connectivity index (χ1n) is 6.98. The zero-order valence-electron chi connectivity index (χ0n) is 12.7. The Labute approximate surface area is 136 Å². The van der Waals surface area contributed by atoms with Crippen LogP contribution in [0.25, 0.3) is 5.69 Å². The number of nitrogens with one attached hydrogen (secondary N) is 2. The molecule has 1 saturated heterocycles. The highest BCUT2D eigenvalue weighted by Gasteiger charge is 2.17.